The number of nitrogens with one attached hydrogen (secondary N) is 1. The van der Waals surface area contributed by atoms with Gasteiger partial charge in [-0.25, -0.2) is 0 Å². The van der Waals surface area contributed by atoms with Gasteiger partial charge in [-0.1, -0.05) is 389 Å². The van der Waals surface area contributed by atoms with Crippen molar-refractivity contribution in [2.75, 3.05) is 6.61 Å². The molecule has 0 aliphatic rings. The van der Waals surface area contributed by atoms with Gasteiger partial charge >= 0.3 is 0 Å². The Hall–Kier alpha value is -2.17. The van der Waals surface area contributed by atoms with Crippen LogP contribution in [0.25, 0.3) is 0 Å². The van der Waals surface area contributed by atoms with Gasteiger partial charge < -0.3 is 15.5 Å². The second kappa shape index (κ2) is 74.1. The summed E-state index contributed by atoms with van der Waals surface area (Å²) in [5.74, 6) is -0.0712. The van der Waals surface area contributed by atoms with Gasteiger partial charge in [0.2, 0.25) is 5.91 Å². The van der Waals surface area contributed by atoms with Crippen molar-refractivity contribution in [3.05, 3.63) is 72.9 Å². The average molecular weight is 1160 g/mol. The summed E-state index contributed by atoms with van der Waals surface area (Å²) in [4.78, 5) is 12.6. The maximum Gasteiger partial charge on any atom is 0.220 e. The number of rotatable bonds is 70. The standard InChI is InChI=1S/C79H147NO3/c1-3-5-7-9-11-13-15-17-19-21-23-25-27-29-31-33-35-36-37-38-39-40-41-42-43-44-45-47-49-51-53-55-57-59-61-63-65-67-69-71-73-75-79(83)80-77(76-81)78(82)74-72-70-68-66-64-62-60-58-56-54-52-50-48-46-34-32-30-28-26-24-22-20-18-16-14-12-10-8-6-4-2/h15,17,21,23,27,29,56,58,64,66,72,74,77-78,81-82H,3-14,16,18-20,22,24-26,28,30-55,57,59-63,65,67-71,73,75-76H2,1-2H3,(H,80,83)/b17-15-,23-21-,29-27-,58-56+,66-64+,74-72+. The van der Waals surface area contributed by atoms with Crippen LogP contribution >= 0.6 is 0 Å². The minimum absolute atomic E-state index is 0.0712. The first kappa shape index (κ1) is 80.8. The van der Waals surface area contributed by atoms with Gasteiger partial charge in [0.25, 0.3) is 0 Å². The van der Waals surface area contributed by atoms with Crippen molar-refractivity contribution < 1.29 is 15.0 Å². The molecule has 2 unspecified atom stereocenters. The summed E-state index contributed by atoms with van der Waals surface area (Å²) < 4.78 is 0. The first-order valence-corrected chi connectivity index (χ1v) is 37.7. The summed E-state index contributed by atoms with van der Waals surface area (Å²) >= 11 is 0. The van der Waals surface area contributed by atoms with Gasteiger partial charge in [0.15, 0.2) is 0 Å². The van der Waals surface area contributed by atoms with Crippen molar-refractivity contribution in [1.82, 2.24) is 5.32 Å². The number of aliphatic hydroxyl groups excluding tert-OH is 2. The molecule has 0 rings (SSSR count). The molecule has 2 atom stereocenters. The fourth-order valence-electron chi connectivity index (χ4n) is 11.7. The maximum atomic E-state index is 12.6. The van der Waals surface area contributed by atoms with Crippen LogP contribution in [-0.4, -0.2) is 34.9 Å². The van der Waals surface area contributed by atoms with E-state index < -0.39 is 12.1 Å². The second-order valence-electron chi connectivity index (χ2n) is 25.7. The van der Waals surface area contributed by atoms with Crippen LogP contribution in [0.2, 0.25) is 0 Å². The number of aliphatic hydroxyl groups is 2. The molecule has 4 heteroatoms. The van der Waals surface area contributed by atoms with Crippen molar-refractivity contribution >= 4 is 5.91 Å². The number of carbonyl (C=O) groups is 1. The van der Waals surface area contributed by atoms with E-state index >= 15 is 0 Å². The van der Waals surface area contributed by atoms with Crippen LogP contribution < -0.4 is 5.32 Å². The third-order valence-corrected chi connectivity index (χ3v) is 17.4. The first-order valence-electron chi connectivity index (χ1n) is 37.7. The van der Waals surface area contributed by atoms with Gasteiger partial charge in [0.1, 0.15) is 0 Å². The molecule has 0 aromatic heterocycles. The van der Waals surface area contributed by atoms with E-state index in [0.717, 1.165) is 51.4 Å². The Balaban J connectivity index is 3.45. The Morgan fingerprint density at radius 2 is 0.506 bits per heavy atom. The van der Waals surface area contributed by atoms with Gasteiger partial charge in [-0.2, -0.15) is 0 Å². The molecular weight excluding hydrogens is 1010 g/mol. The highest BCUT2D eigenvalue weighted by atomic mass is 16.3. The van der Waals surface area contributed by atoms with E-state index in [2.05, 4.69) is 79.9 Å². The summed E-state index contributed by atoms with van der Waals surface area (Å²) in [5, 5.41) is 23.3. The number of allylic oxidation sites excluding steroid dienone is 11. The largest absolute Gasteiger partial charge is 0.394 e. The molecule has 0 spiro atoms. The van der Waals surface area contributed by atoms with Crippen LogP contribution in [0.15, 0.2) is 72.9 Å². The fourth-order valence-corrected chi connectivity index (χ4v) is 11.7. The zero-order chi connectivity index (χ0) is 59.8. The van der Waals surface area contributed by atoms with Crippen LogP contribution in [0.3, 0.4) is 0 Å². The molecule has 0 aliphatic heterocycles. The van der Waals surface area contributed by atoms with Crippen LogP contribution in [0.1, 0.15) is 406 Å². The normalized spacial score (nSPS) is 13.1. The zero-order valence-electron chi connectivity index (χ0n) is 56.2. The highest BCUT2D eigenvalue weighted by Crippen LogP contribution is 2.19. The summed E-state index contributed by atoms with van der Waals surface area (Å²) in [6.45, 7) is 4.32. The van der Waals surface area contributed by atoms with E-state index in [1.807, 2.05) is 6.08 Å². The Labute approximate surface area is 520 Å². The van der Waals surface area contributed by atoms with E-state index in [9.17, 15) is 15.0 Å². The second-order valence-corrected chi connectivity index (χ2v) is 25.7. The van der Waals surface area contributed by atoms with Crippen molar-refractivity contribution in [2.24, 2.45) is 0 Å². The zero-order valence-corrected chi connectivity index (χ0v) is 56.2. The predicted molar refractivity (Wildman–Crippen MR) is 373 cm³/mol. The van der Waals surface area contributed by atoms with Gasteiger partial charge in [-0.05, 0) is 83.5 Å². The number of amides is 1. The number of unbranched alkanes of at least 4 members (excludes halogenated alkanes) is 53. The van der Waals surface area contributed by atoms with E-state index in [4.69, 9.17) is 0 Å². The summed E-state index contributed by atoms with van der Waals surface area (Å²) in [7, 11) is 0. The highest BCUT2D eigenvalue weighted by molar-refractivity contribution is 5.76. The highest BCUT2D eigenvalue weighted by Gasteiger charge is 2.18. The Kier molecular flexibility index (Phi) is 72.1. The summed E-state index contributed by atoms with van der Waals surface area (Å²) in [5.41, 5.74) is 0. The molecule has 0 aromatic rings. The summed E-state index contributed by atoms with van der Waals surface area (Å²) in [6, 6.07) is -0.648. The van der Waals surface area contributed by atoms with Crippen LogP contribution in [0.5, 0.6) is 0 Å². The molecule has 0 radical (unpaired) electrons. The first-order chi connectivity index (χ1) is 41.2. The van der Waals surface area contributed by atoms with E-state index in [1.165, 1.54) is 334 Å². The third-order valence-electron chi connectivity index (χ3n) is 17.4. The molecule has 0 saturated heterocycles. The lowest BCUT2D eigenvalue weighted by molar-refractivity contribution is -0.123. The molecule has 1 amide bonds. The van der Waals surface area contributed by atoms with E-state index in [-0.39, 0.29) is 12.5 Å². The quantitative estimate of drug-likeness (QED) is 0.0420. The lowest BCUT2D eigenvalue weighted by Gasteiger charge is -2.19. The number of hydrogen-bond donors (Lipinski definition) is 3. The van der Waals surface area contributed by atoms with Crippen molar-refractivity contribution in [2.45, 2.75) is 418 Å². The number of carbonyl (C=O) groups excluding carboxylic acids is 1. The van der Waals surface area contributed by atoms with Crippen LogP contribution in [0, 0.1) is 0 Å². The maximum absolute atomic E-state index is 12.6. The van der Waals surface area contributed by atoms with E-state index in [0.29, 0.717) is 6.42 Å². The van der Waals surface area contributed by atoms with Gasteiger partial charge in [-0.15, -0.1) is 0 Å². The lowest BCUT2D eigenvalue weighted by atomic mass is 10.0. The predicted octanol–water partition coefficient (Wildman–Crippen LogP) is 26.0. The van der Waals surface area contributed by atoms with Gasteiger partial charge in [-0.3, -0.25) is 4.79 Å². The topological polar surface area (TPSA) is 69.6 Å². The molecule has 83 heavy (non-hydrogen) atoms. The Bertz CT molecular complexity index is 1410. The molecule has 0 aromatic carbocycles. The SMILES string of the molecule is CCCCCCC/C=C\C/C=C\C/C=C\CCCCCCCCCCCCCCCCCCCCCCCCCCCCC(=O)NC(CO)C(O)/C=C/CC/C=C/CC/C=C/CCCCCCCCCCCCCCCCCCCCCC. The molecular formula is C79H147NO3. The lowest BCUT2D eigenvalue weighted by Crippen LogP contribution is -2.45. The fraction of sp³-hybridized carbons (Fsp3) is 0.835. The van der Waals surface area contributed by atoms with Crippen molar-refractivity contribution in [3.63, 3.8) is 0 Å². The molecule has 0 heterocycles. The summed E-state index contributed by atoms with van der Waals surface area (Å²) in [6.07, 6.45) is 107. The van der Waals surface area contributed by atoms with Crippen molar-refractivity contribution in [1.29, 1.82) is 0 Å². The number of hydrogen-bond acceptors (Lipinski definition) is 3. The minimum Gasteiger partial charge on any atom is -0.394 e. The molecule has 0 saturated carbocycles. The van der Waals surface area contributed by atoms with Crippen LogP contribution in [-0.2, 0) is 4.79 Å². The van der Waals surface area contributed by atoms with Gasteiger partial charge in [0, 0.05) is 6.42 Å². The minimum atomic E-state index is -0.873. The molecule has 0 aliphatic carbocycles. The smallest absolute Gasteiger partial charge is 0.220 e. The molecule has 0 fully saturated rings. The Morgan fingerprint density at radius 3 is 0.783 bits per heavy atom. The average Bonchev–Trinajstić information content (AvgIpc) is 3.51. The molecule has 486 valence electrons. The molecule has 3 N–H and O–H groups in total. The third kappa shape index (κ3) is 70.5. The van der Waals surface area contributed by atoms with Crippen LogP contribution in [0.4, 0.5) is 0 Å². The molecule has 0 bridgehead atoms. The monoisotopic (exact) mass is 1160 g/mol. The molecule has 4 nitrogen and oxygen atoms in total. The Morgan fingerprint density at radius 1 is 0.289 bits per heavy atom. The van der Waals surface area contributed by atoms with Crippen molar-refractivity contribution in [3.8, 4) is 0 Å². The van der Waals surface area contributed by atoms with Gasteiger partial charge in [0.05, 0.1) is 18.8 Å². The van der Waals surface area contributed by atoms with E-state index in [1.54, 1.807) is 6.08 Å².